The standard InChI is InChI=1S/C9H12O2/c1-9-3-2-6(5-9)4-7(9)8(10)11/h2-3,6-7H,4-5H2,1H3,(H,10,11)/t6-,7-,9-/m1/s1. The van der Waals surface area contributed by atoms with Gasteiger partial charge in [0.05, 0.1) is 5.92 Å². The normalized spacial score (nSPS) is 46.6. The summed E-state index contributed by atoms with van der Waals surface area (Å²) in [7, 11) is 0. The zero-order valence-electron chi connectivity index (χ0n) is 6.58. The highest BCUT2D eigenvalue weighted by Gasteiger charge is 2.48. The first-order valence-corrected chi connectivity index (χ1v) is 4.04. The van der Waals surface area contributed by atoms with E-state index in [1.54, 1.807) is 0 Å². The Morgan fingerprint density at radius 2 is 2.45 bits per heavy atom. The smallest absolute Gasteiger partial charge is 0.307 e. The van der Waals surface area contributed by atoms with Crippen LogP contribution in [0.5, 0.6) is 0 Å². The van der Waals surface area contributed by atoms with E-state index in [2.05, 4.69) is 19.1 Å². The fourth-order valence-corrected chi connectivity index (χ4v) is 2.43. The maximum absolute atomic E-state index is 10.8. The van der Waals surface area contributed by atoms with Gasteiger partial charge in [-0.25, -0.2) is 0 Å². The van der Waals surface area contributed by atoms with Crippen molar-refractivity contribution in [3.05, 3.63) is 12.2 Å². The van der Waals surface area contributed by atoms with Crippen molar-refractivity contribution in [1.29, 1.82) is 0 Å². The maximum atomic E-state index is 10.8. The predicted molar refractivity (Wildman–Crippen MR) is 41.1 cm³/mol. The summed E-state index contributed by atoms with van der Waals surface area (Å²) >= 11 is 0. The molecule has 11 heavy (non-hydrogen) atoms. The Labute approximate surface area is 65.9 Å². The second-order valence-corrected chi connectivity index (χ2v) is 3.96. The molecule has 2 heteroatoms. The molecule has 1 saturated carbocycles. The molecule has 2 rings (SSSR count). The molecule has 1 N–H and O–H groups in total. The second-order valence-electron chi connectivity index (χ2n) is 3.96. The molecular formula is C9H12O2. The van der Waals surface area contributed by atoms with Crippen LogP contribution in [0.4, 0.5) is 0 Å². The Bertz CT molecular complexity index is 232. The number of hydrogen-bond acceptors (Lipinski definition) is 1. The molecule has 0 saturated heterocycles. The molecule has 3 atom stereocenters. The number of carboxylic acids is 1. The molecule has 0 heterocycles. The van der Waals surface area contributed by atoms with E-state index in [4.69, 9.17) is 5.11 Å². The van der Waals surface area contributed by atoms with Crippen molar-refractivity contribution < 1.29 is 9.90 Å². The Balaban J connectivity index is 2.29. The molecule has 0 aliphatic heterocycles. The van der Waals surface area contributed by atoms with Crippen LogP contribution in [0.2, 0.25) is 0 Å². The van der Waals surface area contributed by atoms with E-state index in [0.717, 1.165) is 12.8 Å². The average molecular weight is 152 g/mol. The summed E-state index contributed by atoms with van der Waals surface area (Å²) in [5, 5.41) is 8.87. The summed E-state index contributed by atoms with van der Waals surface area (Å²) in [5.74, 6) is -0.210. The van der Waals surface area contributed by atoms with Gasteiger partial charge in [-0.2, -0.15) is 0 Å². The zero-order valence-corrected chi connectivity index (χ0v) is 6.58. The summed E-state index contributed by atoms with van der Waals surface area (Å²) in [4.78, 5) is 10.8. The van der Waals surface area contributed by atoms with Crippen LogP contribution < -0.4 is 0 Å². The molecule has 0 aromatic carbocycles. The van der Waals surface area contributed by atoms with Gasteiger partial charge in [-0.3, -0.25) is 4.79 Å². The lowest BCUT2D eigenvalue weighted by molar-refractivity contribution is -0.144. The first-order valence-electron chi connectivity index (χ1n) is 4.04. The Morgan fingerprint density at radius 3 is 2.73 bits per heavy atom. The highest BCUT2D eigenvalue weighted by Crippen LogP contribution is 2.52. The molecule has 2 nitrogen and oxygen atoms in total. The van der Waals surface area contributed by atoms with E-state index in [1.807, 2.05) is 0 Å². The van der Waals surface area contributed by atoms with Gasteiger partial charge in [-0.1, -0.05) is 19.1 Å². The number of hydrogen-bond donors (Lipinski definition) is 1. The zero-order chi connectivity index (χ0) is 8.06. The number of rotatable bonds is 1. The molecule has 60 valence electrons. The lowest BCUT2D eigenvalue weighted by Gasteiger charge is -2.23. The molecule has 0 aromatic rings. The van der Waals surface area contributed by atoms with Crippen molar-refractivity contribution in [3.63, 3.8) is 0 Å². The van der Waals surface area contributed by atoms with E-state index >= 15 is 0 Å². The summed E-state index contributed by atoms with van der Waals surface area (Å²) in [6, 6.07) is 0. The van der Waals surface area contributed by atoms with Gasteiger partial charge >= 0.3 is 5.97 Å². The van der Waals surface area contributed by atoms with Gasteiger partial charge in [0.2, 0.25) is 0 Å². The van der Waals surface area contributed by atoms with Crippen LogP contribution in [0.1, 0.15) is 19.8 Å². The summed E-state index contributed by atoms with van der Waals surface area (Å²) < 4.78 is 0. The first-order chi connectivity index (χ1) is 5.12. The molecule has 0 amide bonds. The van der Waals surface area contributed by atoms with Gasteiger partial charge < -0.3 is 5.11 Å². The number of allylic oxidation sites excluding steroid dienone is 2. The van der Waals surface area contributed by atoms with Gasteiger partial charge in [-0.05, 0) is 24.2 Å². The van der Waals surface area contributed by atoms with Crippen LogP contribution >= 0.6 is 0 Å². The summed E-state index contributed by atoms with van der Waals surface area (Å²) in [5.41, 5.74) is -0.0312. The van der Waals surface area contributed by atoms with Gasteiger partial charge in [0.25, 0.3) is 0 Å². The Morgan fingerprint density at radius 1 is 1.73 bits per heavy atom. The van der Waals surface area contributed by atoms with E-state index in [9.17, 15) is 4.79 Å². The number of aliphatic carboxylic acids is 1. The maximum Gasteiger partial charge on any atom is 0.307 e. The van der Waals surface area contributed by atoms with Crippen LogP contribution in [0.3, 0.4) is 0 Å². The summed E-state index contributed by atoms with van der Waals surface area (Å²) in [6.07, 6.45) is 6.14. The van der Waals surface area contributed by atoms with E-state index in [1.165, 1.54) is 0 Å². The van der Waals surface area contributed by atoms with Gasteiger partial charge in [-0.15, -0.1) is 0 Å². The third-order valence-corrected chi connectivity index (χ3v) is 3.08. The third kappa shape index (κ3) is 0.817. The topological polar surface area (TPSA) is 37.3 Å². The van der Waals surface area contributed by atoms with Crippen molar-refractivity contribution in [3.8, 4) is 0 Å². The molecule has 0 unspecified atom stereocenters. The number of fused-ring (bicyclic) bond motifs is 2. The fourth-order valence-electron chi connectivity index (χ4n) is 2.43. The molecule has 0 spiro atoms. The SMILES string of the molecule is C[C@]12C=C[C@H](C[C@@H]1C(=O)O)C2. The Kier molecular flexibility index (Phi) is 1.17. The van der Waals surface area contributed by atoms with Crippen LogP contribution in [0.25, 0.3) is 0 Å². The number of carboxylic acid groups (broad SMARTS) is 1. The molecule has 2 aliphatic carbocycles. The average Bonchev–Trinajstić information content (AvgIpc) is 2.41. The summed E-state index contributed by atoms with van der Waals surface area (Å²) in [6.45, 7) is 2.05. The predicted octanol–water partition coefficient (Wildman–Crippen LogP) is 1.67. The van der Waals surface area contributed by atoms with Crippen LogP contribution in [-0.2, 0) is 4.79 Å². The molecule has 1 fully saturated rings. The van der Waals surface area contributed by atoms with Crippen molar-refractivity contribution in [2.45, 2.75) is 19.8 Å². The minimum absolute atomic E-state index is 0.0312. The highest BCUT2D eigenvalue weighted by atomic mass is 16.4. The van der Waals surface area contributed by atoms with Crippen LogP contribution in [0.15, 0.2) is 12.2 Å². The molecular weight excluding hydrogens is 140 g/mol. The lowest BCUT2D eigenvalue weighted by atomic mass is 9.80. The molecule has 2 aliphatic rings. The fraction of sp³-hybridized carbons (Fsp3) is 0.667. The van der Waals surface area contributed by atoms with Gasteiger partial charge in [0, 0.05) is 0 Å². The van der Waals surface area contributed by atoms with Crippen molar-refractivity contribution in [2.24, 2.45) is 17.3 Å². The third-order valence-electron chi connectivity index (χ3n) is 3.08. The van der Waals surface area contributed by atoms with E-state index in [0.29, 0.717) is 5.92 Å². The monoisotopic (exact) mass is 152 g/mol. The quantitative estimate of drug-likeness (QED) is 0.580. The minimum Gasteiger partial charge on any atom is -0.481 e. The molecule has 2 bridgehead atoms. The van der Waals surface area contributed by atoms with Gasteiger partial charge in [0.15, 0.2) is 0 Å². The first kappa shape index (κ1) is 6.89. The highest BCUT2D eigenvalue weighted by molar-refractivity contribution is 5.72. The van der Waals surface area contributed by atoms with Gasteiger partial charge in [0.1, 0.15) is 0 Å². The largest absolute Gasteiger partial charge is 0.481 e. The van der Waals surface area contributed by atoms with Crippen molar-refractivity contribution in [1.82, 2.24) is 0 Å². The van der Waals surface area contributed by atoms with Crippen LogP contribution in [-0.4, -0.2) is 11.1 Å². The van der Waals surface area contributed by atoms with E-state index in [-0.39, 0.29) is 11.3 Å². The van der Waals surface area contributed by atoms with E-state index < -0.39 is 5.97 Å². The van der Waals surface area contributed by atoms with Crippen molar-refractivity contribution >= 4 is 5.97 Å². The second kappa shape index (κ2) is 1.87. The Hall–Kier alpha value is -0.790. The lowest BCUT2D eigenvalue weighted by Crippen LogP contribution is -2.26. The van der Waals surface area contributed by atoms with Crippen LogP contribution in [0, 0.1) is 17.3 Å². The molecule has 0 radical (unpaired) electrons. The van der Waals surface area contributed by atoms with Crippen molar-refractivity contribution in [2.75, 3.05) is 0 Å². The number of carbonyl (C=O) groups is 1. The minimum atomic E-state index is -0.626. The molecule has 0 aromatic heterocycles.